The number of likely N-dealkylation sites (tertiary alicyclic amines) is 2. The molecule has 1 aromatic heterocycles. The van der Waals surface area contributed by atoms with Crippen molar-refractivity contribution < 1.29 is 19.5 Å². The van der Waals surface area contributed by atoms with Crippen molar-refractivity contribution in [1.82, 2.24) is 14.8 Å². The third-order valence-electron chi connectivity index (χ3n) is 6.45. The Balaban J connectivity index is 1.44. The van der Waals surface area contributed by atoms with Gasteiger partial charge in [-0.15, -0.1) is 0 Å². The van der Waals surface area contributed by atoms with E-state index in [-0.39, 0.29) is 29.8 Å². The first kappa shape index (κ1) is 18.4. The summed E-state index contributed by atoms with van der Waals surface area (Å²) in [6.07, 6.45) is 0.866. The molecule has 152 valence electrons. The third kappa shape index (κ3) is 2.71. The van der Waals surface area contributed by atoms with E-state index in [2.05, 4.69) is 4.98 Å². The number of amides is 3. The van der Waals surface area contributed by atoms with Gasteiger partial charge in [-0.2, -0.15) is 0 Å². The first-order valence-electron chi connectivity index (χ1n) is 9.96. The first-order chi connectivity index (χ1) is 14.0. The van der Waals surface area contributed by atoms with Gasteiger partial charge in [0.05, 0.1) is 28.2 Å². The number of hydrogen-bond acceptors (Lipinski definition) is 5. The summed E-state index contributed by atoms with van der Waals surface area (Å²) in [5.74, 6) is -0.514. The molecular weight excluding hydrogens is 392 g/mol. The Bertz CT molecular complexity index is 974. The number of para-hydroxylation sites is 1. The number of carboxylic acid groups (broad SMARTS) is 1. The molecule has 4 atom stereocenters. The van der Waals surface area contributed by atoms with E-state index in [1.807, 2.05) is 31.2 Å². The SMILES string of the molecule is C[C@@H]1C(=O)N(c2nc3ccccc3s2)[C@H]2CCN(C(=O)[C@@H]3CCCN3C(=O)O)[C@H]12. The molecular formula is C20H22N4O4S. The predicted molar refractivity (Wildman–Crippen MR) is 108 cm³/mol. The number of aromatic nitrogens is 1. The molecule has 0 unspecified atom stereocenters. The normalized spacial score (nSPS) is 29.1. The van der Waals surface area contributed by atoms with Gasteiger partial charge in [-0.05, 0) is 31.4 Å². The van der Waals surface area contributed by atoms with Crippen molar-refractivity contribution in [1.29, 1.82) is 0 Å². The lowest BCUT2D eigenvalue weighted by atomic mass is 10.0. The number of benzene rings is 1. The predicted octanol–water partition coefficient (Wildman–Crippen LogP) is 2.39. The van der Waals surface area contributed by atoms with Gasteiger partial charge in [0.25, 0.3) is 0 Å². The average Bonchev–Trinajstić information content (AvgIpc) is 3.46. The van der Waals surface area contributed by atoms with Crippen LogP contribution in [0, 0.1) is 5.92 Å². The molecule has 0 aliphatic carbocycles. The fraction of sp³-hybridized carbons (Fsp3) is 0.500. The van der Waals surface area contributed by atoms with E-state index in [4.69, 9.17) is 0 Å². The van der Waals surface area contributed by atoms with E-state index in [1.165, 1.54) is 16.2 Å². The quantitative estimate of drug-likeness (QED) is 0.814. The van der Waals surface area contributed by atoms with Crippen LogP contribution in [0.2, 0.25) is 0 Å². The molecule has 3 aliphatic rings. The third-order valence-corrected chi connectivity index (χ3v) is 7.48. The van der Waals surface area contributed by atoms with Crippen LogP contribution in [0.4, 0.5) is 9.93 Å². The van der Waals surface area contributed by atoms with E-state index < -0.39 is 12.1 Å². The zero-order valence-electron chi connectivity index (χ0n) is 16.0. The molecule has 4 heterocycles. The molecule has 9 heteroatoms. The maximum atomic E-state index is 13.2. The van der Waals surface area contributed by atoms with E-state index in [9.17, 15) is 19.5 Å². The largest absolute Gasteiger partial charge is 0.465 e. The lowest BCUT2D eigenvalue weighted by Gasteiger charge is -2.31. The second-order valence-corrected chi connectivity index (χ2v) is 8.98. The Labute approximate surface area is 171 Å². The van der Waals surface area contributed by atoms with E-state index in [1.54, 1.807) is 9.80 Å². The molecule has 0 bridgehead atoms. The van der Waals surface area contributed by atoms with E-state index in [0.29, 0.717) is 37.5 Å². The van der Waals surface area contributed by atoms with Crippen molar-refractivity contribution in [2.75, 3.05) is 18.0 Å². The van der Waals surface area contributed by atoms with Crippen molar-refractivity contribution in [2.45, 2.75) is 44.3 Å². The molecule has 3 aliphatic heterocycles. The Hall–Kier alpha value is -2.68. The van der Waals surface area contributed by atoms with Gasteiger partial charge >= 0.3 is 6.09 Å². The summed E-state index contributed by atoms with van der Waals surface area (Å²) in [5.41, 5.74) is 0.866. The van der Waals surface area contributed by atoms with Gasteiger partial charge in [-0.3, -0.25) is 19.4 Å². The molecule has 5 rings (SSSR count). The summed E-state index contributed by atoms with van der Waals surface area (Å²) in [6.45, 7) is 2.79. The number of carbonyl (C=O) groups excluding carboxylic acids is 2. The van der Waals surface area contributed by atoms with Gasteiger partial charge in [0.15, 0.2) is 5.13 Å². The van der Waals surface area contributed by atoms with Crippen LogP contribution in [0.15, 0.2) is 24.3 Å². The number of hydrogen-bond donors (Lipinski definition) is 1. The molecule has 0 spiro atoms. The Morgan fingerprint density at radius 3 is 2.72 bits per heavy atom. The molecule has 0 radical (unpaired) electrons. The fourth-order valence-corrected chi connectivity index (χ4v) is 6.14. The molecule has 0 saturated carbocycles. The van der Waals surface area contributed by atoms with Crippen LogP contribution < -0.4 is 4.90 Å². The molecule has 1 N–H and O–H groups in total. The molecule has 29 heavy (non-hydrogen) atoms. The topological polar surface area (TPSA) is 94.1 Å². The molecule has 3 saturated heterocycles. The monoisotopic (exact) mass is 414 g/mol. The average molecular weight is 414 g/mol. The van der Waals surface area contributed by atoms with Crippen molar-refractivity contribution >= 4 is 44.6 Å². The van der Waals surface area contributed by atoms with Gasteiger partial charge < -0.3 is 10.0 Å². The summed E-state index contributed by atoms with van der Waals surface area (Å²) < 4.78 is 1.03. The highest BCUT2D eigenvalue weighted by atomic mass is 32.1. The number of thiazole rings is 1. The van der Waals surface area contributed by atoms with Gasteiger partial charge in [-0.1, -0.05) is 30.4 Å². The Morgan fingerprint density at radius 1 is 1.17 bits per heavy atom. The van der Waals surface area contributed by atoms with Gasteiger partial charge in [0.2, 0.25) is 11.8 Å². The number of anilines is 1. The highest BCUT2D eigenvalue weighted by Gasteiger charge is 2.55. The maximum Gasteiger partial charge on any atom is 0.407 e. The summed E-state index contributed by atoms with van der Waals surface area (Å²) >= 11 is 1.49. The van der Waals surface area contributed by atoms with Crippen LogP contribution in [0.3, 0.4) is 0 Å². The minimum absolute atomic E-state index is 0.0157. The number of fused-ring (bicyclic) bond motifs is 2. The van der Waals surface area contributed by atoms with Gasteiger partial charge in [0.1, 0.15) is 6.04 Å². The van der Waals surface area contributed by atoms with Crippen LogP contribution in [0.1, 0.15) is 26.2 Å². The summed E-state index contributed by atoms with van der Waals surface area (Å²) in [7, 11) is 0. The molecule has 2 aromatic rings. The van der Waals surface area contributed by atoms with Crippen LogP contribution >= 0.6 is 11.3 Å². The minimum atomic E-state index is -1.05. The van der Waals surface area contributed by atoms with Crippen LogP contribution in [0.25, 0.3) is 10.2 Å². The minimum Gasteiger partial charge on any atom is -0.465 e. The summed E-state index contributed by atoms with van der Waals surface area (Å²) in [4.78, 5) is 47.2. The number of nitrogens with zero attached hydrogens (tertiary/aromatic N) is 4. The lowest BCUT2D eigenvalue weighted by Crippen LogP contribution is -2.51. The summed E-state index contributed by atoms with van der Waals surface area (Å²) in [6, 6.07) is 6.82. The Morgan fingerprint density at radius 2 is 1.97 bits per heavy atom. The van der Waals surface area contributed by atoms with Crippen LogP contribution in [-0.2, 0) is 9.59 Å². The molecule has 8 nitrogen and oxygen atoms in total. The fourth-order valence-electron chi connectivity index (χ4n) is 5.11. The second kappa shape index (κ2) is 6.69. The number of carbonyl (C=O) groups is 3. The van der Waals surface area contributed by atoms with Gasteiger partial charge in [0, 0.05) is 13.1 Å². The Kier molecular flexibility index (Phi) is 4.23. The molecule has 3 amide bonds. The summed E-state index contributed by atoms with van der Waals surface area (Å²) in [5, 5.41) is 10.1. The second-order valence-electron chi connectivity index (χ2n) is 7.97. The highest BCUT2D eigenvalue weighted by Crippen LogP contribution is 2.42. The molecule has 3 fully saturated rings. The van der Waals surface area contributed by atoms with E-state index >= 15 is 0 Å². The van der Waals surface area contributed by atoms with Crippen molar-refractivity contribution in [2.24, 2.45) is 5.92 Å². The zero-order valence-corrected chi connectivity index (χ0v) is 16.8. The van der Waals surface area contributed by atoms with Crippen LogP contribution in [-0.4, -0.2) is 69.0 Å². The molecule has 1 aromatic carbocycles. The lowest BCUT2D eigenvalue weighted by molar-refractivity contribution is -0.137. The first-order valence-corrected chi connectivity index (χ1v) is 10.8. The smallest absolute Gasteiger partial charge is 0.407 e. The number of rotatable bonds is 2. The highest BCUT2D eigenvalue weighted by molar-refractivity contribution is 7.22. The maximum absolute atomic E-state index is 13.2. The van der Waals surface area contributed by atoms with E-state index in [0.717, 1.165) is 10.2 Å². The van der Waals surface area contributed by atoms with Crippen molar-refractivity contribution in [3.05, 3.63) is 24.3 Å². The van der Waals surface area contributed by atoms with Crippen molar-refractivity contribution in [3.63, 3.8) is 0 Å². The van der Waals surface area contributed by atoms with Gasteiger partial charge in [-0.25, -0.2) is 9.78 Å². The standard InChI is InChI=1S/C20H22N4O4S/c1-11-16-13(8-10-23(16)18(26)14-6-4-9-22(14)20(27)28)24(17(11)25)19-21-12-5-2-3-7-15(12)29-19/h2-3,5,7,11,13-14,16H,4,6,8-10H2,1H3,(H,27,28)/t11-,13-,14-,16+/m0/s1. The zero-order chi connectivity index (χ0) is 20.3. The van der Waals surface area contributed by atoms with Crippen LogP contribution in [0.5, 0.6) is 0 Å². The van der Waals surface area contributed by atoms with Crippen molar-refractivity contribution in [3.8, 4) is 0 Å².